The molecule has 0 aliphatic rings. The summed E-state index contributed by atoms with van der Waals surface area (Å²) in [5.74, 6) is 0. The quantitative estimate of drug-likeness (QED) is 0.173. The Kier molecular flexibility index (Phi) is 6.82. The molecule has 0 saturated heterocycles. The van der Waals surface area contributed by atoms with E-state index in [2.05, 4.69) is 175 Å². The minimum absolute atomic E-state index is 0.928. The van der Waals surface area contributed by atoms with Crippen molar-refractivity contribution in [3.05, 3.63) is 182 Å². The molecule has 7 aromatic carbocycles. The second-order valence-electron chi connectivity index (χ2n) is 13.9. The first-order chi connectivity index (χ1) is 26.7. The van der Waals surface area contributed by atoms with Crippen molar-refractivity contribution in [1.82, 2.24) is 19.9 Å². The van der Waals surface area contributed by atoms with Crippen molar-refractivity contribution < 1.29 is 0 Å². The summed E-state index contributed by atoms with van der Waals surface area (Å²) in [5, 5.41) is 9.18. The lowest BCUT2D eigenvalue weighted by atomic mass is 9.98. The molecule has 0 bridgehead atoms. The summed E-state index contributed by atoms with van der Waals surface area (Å²) in [7, 11) is 0. The van der Waals surface area contributed by atoms with E-state index in [0.29, 0.717) is 0 Å². The van der Waals surface area contributed by atoms with Crippen LogP contribution in [0.4, 0.5) is 0 Å². The van der Waals surface area contributed by atoms with E-state index in [1.54, 1.807) is 0 Å². The third-order valence-electron chi connectivity index (χ3n) is 10.6. The van der Waals surface area contributed by atoms with Crippen molar-refractivity contribution >= 4 is 65.2 Å². The van der Waals surface area contributed by atoms with Gasteiger partial charge in [0, 0.05) is 44.4 Å². The SMILES string of the molecule is c1ccc2c(-c3ccc4cc(-c5ccc6nc(-c7ccc8cc(-c9ccc%10ccc%11cccnc%11c%10n9)ccc8c7)ccc6c5)ccc4n3)cccc2c1. The lowest BCUT2D eigenvalue weighted by Crippen LogP contribution is -1.89. The van der Waals surface area contributed by atoms with Gasteiger partial charge in [0.1, 0.15) is 0 Å². The average Bonchev–Trinajstić information content (AvgIpc) is 3.25. The fraction of sp³-hybridized carbons (Fsp3) is 0. The molecule has 0 aliphatic heterocycles. The molecule has 11 aromatic rings. The smallest absolute Gasteiger partial charge is 0.0972 e. The maximum atomic E-state index is 5.09. The van der Waals surface area contributed by atoms with Gasteiger partial charge in [-0.1, -0.05) is 115 Å². The van der Waals surface area contributed by atoms with Crippen LogP contribution in [-0.2, 0) is 0 Å². The third-order valence-corrected chi connectivity index (χ3v) is 10.6. The van der Waals surface area contributed by atoms with E-state index in [4.69, 9.17) is 15.0 Å². The molecule has 0 N–H and O–H groups in total. The zero-order chi connectivity index (χ0) is 35.6. The van der Waals surface area contributed by atoms with Crippen LogP contribution in [0.15, 0.2) is 182 Å². The maximum Gasteiger partial charge on any atom is 0.0972 e. The Morgan fingerprint density at radius 1 is 0.296 bits per heavy atom. The van der Waals surface area contributed by atoms with Gasteiger partial charge in [-0.25, -0.2) is 15.0 Å². The van der Waals surface area contributed by atoms with Crippen molar-refractivity contribution in [2.75, 3.05) is 0 Å². The minimum Gasteiger partial charge on any atom is -0.254 e. The molecule has 4 aromatic heterocycles. The highest BCUT2D eigenvalue weighted by atomic mass is 14.8. The third kappa shape index (κ3) is 5.15. The Labute approximate surface area is 311 Å². The van der Waals surface area contributed by atoms with Crippen LogP contribution in [0.25, 0.3) is 110 Å². The molecule has 250 valence electrons. The monoisotopic (exact) mass is 686 g/mol. The Balaban J connectivity index is 0.875. The molecule has 0 fully saturated rings. The van der Waals surface area contributed by atoms with Crippen LogP contribution in [0, 0.1) is 0 Å². The van der Waals surface area contributed by atoms with Gasteiger partial charge in [-0.2, -0.15) is 0 Å². The van der Waals surface area contributed by atoms with Gasteiger partial charge in [0.15, 0.2) is 0 Å². The molecule has 4 nitrogen and oxygen atoms in total. The summed E-state index contributed by atoms with van der Waals surface area (Å²) >= 11 is 0. The Morgan fingerprint density at radius 3 is 1.56 bits per heavy atom. The molecule has 0 unspecified atom stereocenters. The molecule has 4 heterocycles. The highest BCUT2D eigenvalue weighted by Crippen LogP contribution is 2.33. The molecular formula is C50H30N4. The first-order valence-corrected chi connectivity index (χ1v) is 18.2. The maximum absolute atomic E-state index is 5.09. The zero-order valence-electron chi connectivity index (χ0n) is 29.1. The predicted octanol–water partition coefficient (Wildman–Crippen LogP) is 12.9. The summed E-state index contributed by atoms with van der Waals surface area (Å²) in [4.78, 5) is 19.8. The molecule has 0 atom stereocenters. The van der Waals surface area contributed by atoms with Gasteiger partial charge in [-0.05, 0) is 93.3 Å². The van der Waals surface area contributed by atoms with Crippen molar-refractivity contribution in [1.29, 1.82) is 0 Å². The van der Waals surface area contributed by atoms with Crippen LogP contribution in [0.3, 0.4) is 0 Å². The van der Waals surface area contributed by atoms with Crippen molar-refractivity contribution in [3.63, 3.8) is 0 Å². The summed E-state index contributed by atoms with van der Waals surface area (Å²) in [6.45, 7) is 0. The van der Waals surface area contributed by atoms with Crippen molar-refractivity contribution in [2.45, 2.75) is 0 Å². The van der Waals surface area contributed by atoms with E-state index >= 15 is 0 Å². The summed E-state index contributed by atoms with van der Waals surface area (Å²) < 4.78 is 0. The van der Waals surface area contributed by atoms with Gasteiger partial charge in [0.2, 0.25) is 0 Å². The van der Waals surface area contributed by atoms with Crippen LogP contribution >= 0.6 is 0 Å². The van der Waals surface area contributed by atoms with Crippen LogP contribution in [0.1, 0.15) is 0 Å². The van der Waals surface area contributed by atoms with Crippen LogP contribution < -0.4 is 0 Å². The van der Waals surface area contributed by atoms with Gasteiger partial charge >= 0.3 is 0 Å². The van der Waals surface area contributed by atoms with Gasteiger partial charge < -0.3 is 0 Å². The summed E-state index contributed by atoms with van der Waals surface area (Å²) in [6, 6.07) is 62.2. The Morgan fingerprint density at radius 2 is 0.815 bits per heavy atom. The number of rotatable bonds is 4. The van der Waals surface area contributed by atoms with Crippen molar-refractivity contribution in [2.24, 2.45) is 0 Å². The molecule has 11 rings (SSSR count). The normalized spacial score (nSPS) is 11.7. The lowest BCUT2D eigenvalue weighted by molar-refractivity contribution is 1.37. The predicted molar refractivity (Wildman–Crippen MR) is 224 cm³/mol. The van der Waals surface area contributed by atoms with Crippen LogP contribution in [0.5, 0.6) is 0 Å². The average molecular weight is 687 g/mol. The van der Waals surface area contributed by atoms with Gasteiger partial charge in [-0.15, -0.1) is 0 Å². The highest BCUT2D eigenvalue weighted by Gasteiger charge is 2.11. The van der Waals surface area contributed by atoms with E-state index in [-0.39, 0.29) is 0 Å². The van der Waals surface area contributed by atoms with E-state index in [1.165, 1.54) is 10.8 Å². The molecule has 0 radical (unpaired) electrons. The van der Waals surface area contributed by atoms with Gasteiger partial charge in [0.05, 0.1) is 39.1 Å². The van der Waals surface area contributed by atoms with Gasteiger partial charge in [0.25, 0.3) is 0 Å². The second-order valence-corrected chi connectivity index (χ2v) is 13.9. The fourth-order valence-corrected chi connectivity index (χ4v) is 7.82. The van der Waals surface area contributed by atoms with Crippen molar-refractivity contribution in [3.8, 4) is 44.9 Å². The summed E-state index contributed by atoms with van der Waals surface area (Å²) in [5.41, 5.74) is 12.3. The number of benzene rings is 7. The molecule has 0 aliphatic carbocycles. The first-order valence-electron chi connectivity index (χ1n) is 18.2. The number of hydrogen-bond acceptors (Lipinski definition) is 4. The number of nitrogens with zero attached hydrogens (tertiary/aromatic N) is 4. The first kappa shape index (κ1) is 30.3. The molecule has 0 spiro atoms. The molecule has 4 heteroatoms. The highest BCUT2D eigenvalue weighted by molar-refractivity contribution is 6.04. The number of aromatic nitrogens is 4. The minimum atomic E-state index is 0.928. The fourth-order valence-electron chi connectivity index (χ4n) is 7.82. The zero-order valence-corrected chi connectivity index (χ0v) is 29.1. The van der Waals surface area contributed by atoms with E-state index in [1.807, 2.05) is 12.3 Å². The van der Waals surface area contributed by atoms with E-state index in [0.717, 1.165) is 99.3 Å². The topological polar surface area (TPSA) is 51.6 Å². The molecular weight excluding hydrogens is 657 g/mol. The number of pyridine rings is 4. The van der Waals surface area contributed by atoms with Crippen LogP contribution in [-0.4, -0.2) is 19.9 Å². The van der Waals surface area contributed by atoms with E-state index < -0.39 is 0 Å². The van der Waals surface area contributed by atoms with Gasteiger partial charge in [-0.3, -0.25) is 4.98 Å². The van der Waals surface area contributed by atoms with Crippen LogP contribution in [0.2, 0.25) is 0 Å². The summed E-state index contributed by atoms with van der Waals surface area (Å²) in [6.07, 6.45) is 1.83. The molecule has 0 saturated carbocycles. The lowest BCUT2D eigenvalue weighted by Gasteiger charge is -2.10. The Bertz CT molecular complexity index is 3290. The molecule has 0 amide bonds. The number of hydrogen-bond donors (Lipinski definition) is 0. The number of fused-ring (bicyclic) bond motifs is 7. The standard InChI is InChI=1S/C50H30N4/c1-2-8-42-31(5-1)6-3-9-43(42)48-25-20-41-30-37(18-23-46(41)53-48)36-17-22-44-40(29-36)19-24-45(52-44)38-14-12-35-28-39(15-13-34(35)27-38)47-21-16-33-11-10-32-7-4-26-51-49(32)50(33)54-47/h1-30H. The largest absolute Gasteiger partial charge is 0.254 e. The second kappa shape index (κ2) is 12.1. The Hall–Kier alpha value is -7.30. The van der Waals surface area contributed by atoms with E-state index in [9.17, 15) is 0 Å². The molecule has 54 heavy (non-hydrogen) atoms.